The third-order valence-electron chi connectivity index (χ3n) is 4.47. The molecule has 0 spiro atoms. The minimum Gasteiger partial charge on any atom is -0.397 e. The van der Waals surface area contributed by atoms with Crippen LogP contribution in [0.5, 0.6) is 0 Å². The van der Waals surface area contributed by atoms with Crippen LogP contribution in [0.4, 0.5) is 5.69 Å². The highest BCUT2D eigenvalue weighted by Crippen LogP contribution is 2.27. The topological polar surface area (TPSA) is 103 Å². The second kappa shape index (κ2) is 4.60. The number of fused-ring (bicyclic) bond motifs is 3. The molecule has 4 aromatic rings. The lowest BCUT2D eigenvalue weighted by Crippen LogP contribution is -2.28. The summed E-state index contributed by atoms with van der Waals surface area (Å²) in [6, 6.07) is 7.45. The predicted octanol–water partition coefficient (Wildman–Crippen LogP) is 0.864. The van der Waals surface area contributed by atoms with Gasteiger partial charge in [0.05, 0.1) is 11.4 Å². The van der Waals surface area contributed by atoms with Gasteiger partial charge in [0.2, 0.25) is 5.78 Å². The number of rotatable bonds is 1. The lowest BCUT2D eigenvalue weighted by molar-refractivity contribution is 0.830. The van der Waals surface area contributed by atoms with Gasteiger partial charge in [-0.25, -0.2) is 4.79 Å². The van der Waals surface area contributed by atoms with Crippen molar-refractivity contribution in [2.45, 2.75) is 13.8 Å². The van der Waals surface area contributed by atoms with E-state index < -0.39 is 11.2 Å². The number of aromatic amines is 1. The molecule has 0 unspecified atom stereocenters. The van der Waals surface area contributed by atoms with Gasteiger partial charge in [0.25, 0.3) is 5.56 Å². The predicted molar refractivity (Wildman–Crippen MR) is 91.8 cm³/mol. The number of anilines is 1. The number of nitrogens with one attached hydrogen (secondary N) is 1. The molecule has 3 aromatic heterocycles. The Balaban J connectivity index is 2.28. The Hall–Kier alpha value is -3.29. The normalized spacial score (nSPS) is 11.6. The number of imidazole rings is 2. The fraction of sp³-hybridized carbons (Fsp3) is 0.188. The molecule has 24 heavy (non-hydrogen) atoms. The van der Waals surface area contributed by atoms with Gasteiger partial charge in [-0.1, -0.05) is 12.1 Å². The van der Waals surface area contributed by atoms with Gasteiger partial charge < -0.3 is 5.73 Å². The van der Waals surface area contributed by atoms with Crippen molar-refractivity contribution < 1.29 is 0 Å². The maximum Gasteiger partial charge on any atom is 0.329 e. The van der Waals surface area contributed by atoms with Crippen LogP contribution in [-0.4, -0.2) is 23.5 Å². The van der Waals surface area contributed by atoms with Crippen LogP contribution in [0.2, 0.25) is 0 Å². The van der Waals surface area contributed by atoms with E-state index >= 15 is 0 Å². The number of aromatic nitrogens is 5. The summed E-state index contributed by atoms with van der Waals surface area (Å²) in [6.07, 6.45) is 0. The van der Waals surface area contributed by atoms with Crippen molar-refractivity contribution in [3.05, 3.63) is 56.5 Å². The molecule has 0 atom stereocenters. The van der Waals surface area contributed by atoms with E-state index in [9.17, 15) is 9.59 Å². The van der Waals surface area contributed by atoms with Crippen molar-refractivity contribution >= 4 is 22.6 Å². The van der Waals surface area contributed by atoms with Crippen LogP contribution in [-0.2, 0) is 7.05 Å². The van der Waals surface area contributed by atoms with E-state index in [0.717, 1.165) is 17.1 Å². The van der Waals surface area contributed by atoms with E-state index in [-0.39, 0.29) is 0 Å². The summed E-state index contributed by atoms with van der Waals surface area (Å²) in [6.45, 7) is 3.85. The summed E-state index contributed by atoms with van der Waals surface area (Å²) < 4.78 is 4.99. The summed E-state index contributed by atoms with van der Waals surface area (Å²) in [4.78, 5) is 31.1. The smallest absolute Gasteiger partial charge is 0.329 e. The van der Waals surface area contributed by atoms with Crippen LogP contribution in [0, 0.1) is 13.8 Å². The molecule has 3 heterocycles. The van der Waals surface area contributed by atoms with Crippen molar-refractivity contribution in [3.8, 4) is 5.69 Å². The number of hydrogen-bond donors (Lipinski definition) is 2. The standard InChI is InChI=1S/C16H16N6O2/c1-8-9(2)22-12-13(20(3)16(24)19-14(12)23)18-15(22)21(8)11-7-5-4-6-10(11)17/h4-7H,17H2,1-3H3,(H,19,23,24). The average Bonchev–Trinajstić information content (AvgIpc) is 3.04. The number of nitrogen functional groups attached to an aromatic ring is 1. The van der Waals surface area contributed by atoms with Gasteiger partial charge in [-0.05, 0) is 26.0 Å². The zero-order chi connectivity index (χ0) is 17.2. The highest BCUT2D eigenvalue weighted by Gasteiger charge is 2.21. The fourth-order valence-corrected chi connectivity index (χ4v) is 3.09. The molecule has 0 saturated carbocycles. The molecule has 0 fully saturated rings. The highest BCUT2D eigenvalue weighted by molar-refractivity contribution is 5.78. The Morgan fingerprint density at radius 3 is 2.54 bits per heavy atom. The first kappa shape index (κ1) is 14.3. The van der Waals surface area contributed by atoms with E-state index in [1.54, 1.807) is 11.4 Å². The number of nitrogens with two attached hydrogens (primary N) is 1. The molecule has 3 N–H and O–H groups in total. The minimum absolute atomic E-state index is 0.338. The quantitative estimate of drug-likeness (QED) is 0.507. The minimum atomic E-state index is -0.492. The molecule has 0 aliphatic heterocycles. The van der Waals surface area contributed by atoms with E-state index in [4.69, 9.17) is 5.73 Å². The summed E-state index contributed by atoms with van der Waals surface area (Å²) in [5.74, 6) is 0.546. The van der Waals surface area contributed by atoms with Gasteiger partial charge in [-0.15, -0.1) is 0 Å². The van der Waals surface area contributed by atoms with Gasteiger partial charge in [0, 0.05) is 18.4 Å². The number of para-hydroxylation sites is 2. The maximum atomic E-state index is 12.3. The Morgan fingerprint density at radius 2 is 1.83 bits per heavy atom. The van der Waals surface area contributed by atoms with Gasteiger partial charge in [0.1, 0.15) is 0 Å². The second-order valence-corrected chi connectivity index (χ2v) is 5.80. The Morgan fingerprint density at radius 1 is 1.12 bits per heavy atom. The molecule has 122 valence electrons. The van der Waals surface area contributed by atoms with Crippen LogP contribution in [0.15, 0.2) is 33.9 Å². The zero-order valence-electron chi connectivity index (χ0n) is 13.5. The molecule has 1 aromatic carbocycles. The number of nitrogens with zero attached hydrogens (tertiary/aromatic N) is 4. The zero-order valence-corrected chi connectivity index (χ0v) is 13.5. The molecule has 4 rings (SSSR count). The van der Waals surface area contributed by atoms with Gasteiger partial charge in [0.15, 0.2) is 11.2 Å². The van der Waals surface area contributed by atoms with E-state index in [2.05, 4.69) is 9.97 Å². The van der Waals surface area contributed by atoms with Gasteiger partial charge in [-0.3, -0.25) is 23.3 Å². The number of aryl methyl sites for hydroxylation is 2. The van der Waals surface area contributed by atoms with E-state index in [1.165, 1.54) is 4.57 Å². The van der Waals surface area contributed by atoms with Gasteiger partial charge in [-0.2, -0.15) is 4.98 Å². The first-order valence-electron chi connectivity index (χ1n) is 7.46. The highest BCUT2D eigenvalue weighted by atomic mass is 16.2. The largest absolute Gasteiger partial charge is 0.397 e. The van der Waals surface area contributed by atoms with Crippen molar-refractivity contribution in [3.63, 3.8) is 0 Å². The van der Waals surface area contributed by atoms with Crippen molar-refractivity contribution in [2.75, 3.05) is 5.73 Å². The molecule has 0 amide bonds. The Bertz CT molecular complexity index is 1240. The molecule has 0 bridgehead atoms. The number of H-pyrrole nitrogens is 1. The van der Waals surface area contributed by atoms with Crippen LogP contribution in [0.3, 0.4) is 0 Å². The molecule has 0 radical (unpaired) electrons. The fourth-order valence-electron chi connectivity index (χ4n) is 3.09. The van der Waals surface area contributed by atoms with Crippen LogP contribution in [0.25, 0.3) is 22.6 Å². The first-order chi connectivity index (χ1) is 11.4. The summed E-state index contributed by atoms with van der Waals surface area (Å²) in [7, 11) is 1.58. The van der Waals surface area contributed by atoms with Crippen molar-refractivity contribution in [1.29, 1.82) is 0 Å². The molecular weight excluding hydrogens is 308 g/mol. The third kappa shape index (κ3) is 1.65. The first-order valence-corrected chi connectivity index (χ1v) is 7.46. The monoisotopic (exact) mass is 324 g/mol. The lowest BCUT2D eigenvalue weighted by Gasteiger charge is -2.09. The maximum absolute atomic E-state index is 12.3. The van der Waals surface area contributed by atoms with Crippen LogP contribution >= 0.6 is 0 Å². The second-order valence-electron chi connectivity index (χ2n) is 5.80. The van der Waals surface area contributed by atoms with Gasteiger partial charge >= 0.3 is 5.69 Å². The SMILES string of the molecule is Cc1c(C)n2c3c(=O)[nH]c(=O)n(C)c3nc2n1-c1ccccc1N. The third-order valence-corrected chi connectivity index (χ3v) is 4.47. The summed E-state index contributed by atoms with van der Waals surface area (Å²) in [5.41, 5.74) is 9.03. The molecule has 0 aliphatic carbocycles. The van der Waals surface area contributed by atoms with E-state index in [0.29, 0.717) is 22.6 Å². The average molecular weight is 324 g/mol. The summed E-state index contributed by atoms with van der Waals surface area (Å²) >= 11 is 0. The molecule has 0 aliphatic rings. The molecule has 8 nitrogen and oxygen atoms in total. The Labute approximate surface area is 135 Å². The summed E-state index contributed by atoms with van der Waals surface area (Å²) in [5, 5.41) is 0. The molecular formula is C16H16N6O2. The number of hydrogen-bond acceptors (Lipinski definition) is 4. The van der Waals surface area contributed by atoms with Crippen LogP contribution < -0.4 is 17.0 Å². The lowest BCUT2D eigenvalue weighted by atomic mass is 10.2. The van der Waals surface area contributed by atoms with Crippen LogP contribution in [0.1, 0.15) is 11.4 Å². The Kier molecular flexibility index (Phi) is 2.75. The molecule has 8 heteroatoms. The van der Waals surface area contributed by atoms with Crippen molar-refractivity contribution in [2.24, 2.45) is 7.05 Å². The van der Waals surface area contributed by atoms with Crippen molar-refractivity contribution in [1.82, 2.24) is 23.5 Å². The number of benzene rings is 1. The molecule has 0 saturated heterocycles. The van der Waals surface area contributed by atoms with E-state index in [1.807, 2.05) is 42.7 Å².